The Labute approximate surface area is 183 Å². The Balaban J connectivity index is 1.44. The number of fused-ring (bicyclic) bond motifs is 2. The van der Waals surface area contributed by atoms with Gasteiger partial charge in [0.15, 0.2) is 6.61 Å². The number of hydrogen-bond acceptors (Lipinski definition) is 5. The lowest BCUT2D eigenvalue weighted by Crippen LogP contribution is -2.62. The van der Waals surface area contributed by atoms with Crippen LogP contribution in [0.3, 0.4) is 0 Å². The molecule has 2 N–H and O–H groups in total. The first-order chi connectivity index (χ1) is 14.6. The summed E-state index contributed by atoms with van der Waals surface area (Å²) in [5.74, 6) is 1.24. The molecule has 168 valence electrons. The van der Waals surface area contributed by atoms with E-state index in [1.54, 1.807) is 16.7 Å². The first-order valence-corrected chi connectivity index (χ1v) is 11.4. The number of carbonyl (C=O) groups is 1. The van der Waals surface area contributed by atoms with Gasteiger partial charge in [-0.2, -0.15) is 0 Å². The molecule has 31 heavy (non-hydrogen) atoms. The number of aryl methyl sites for hydroxylation is 1. The molecular formula is C24H34N4O3. The van der Waals surface area contributed by atoms with Crippen LogP contribution < -0.4 is 20.9 Å². The van der Waals surface area contributed by atoms with Crippen molar-refractivity contribution in [2.45, 2.75) is 89.9 Å². The molecule has 0 spiro atoms. The SMILES string of the molecule is CC1(C)CC(NC(=O)COc2ccc3nc4n(c(=O)c3c2)CCCCC4)CC(C)(C)N1. The molecule has 0 radical (unpaired) electrons. The molecule has 1 amide bonds. The summed E-state index contributed by atoms with van der Waals surface area (Å²) < 4.78 is 7.54. The van der Waals surface area contributed by atoms with Crippen LogP contribution in [0.15, 0.2) is 23.0 Å². The molecule has 1 aromatic carbocycles. The minimum Gasteiger partial charge on any atom is -0.484 e. The van der Waals surface area contributed by atoms with Gasteiger partial charge < -0.3 is 15.4 Å². The number of nitrogens with one attached hydrogen (secondary N) is 2. The van der Waals surface area contributed by atoms with E-state index in [1.165, 1.54) is 0 Å². The molecule has 0 saturated carbocycles. The third kappa shape index (κ3) is 5.09. The van der Waals surface area contributed by atoms with Crippen molar-refractivity contribution in [2.75, 3.05) is 6.61 Å². The molecule has 2 aromatic rings. The first-order valence-electron chi connectivity index (χ1n) is 11.4. The molecule has 0 atom stereocenters. The Morgan fingerprint density at radius 3 is 2.68 bits per heavy atom. The lowest BCUT2D eigenvalue weighted by Gasteiger charge is -2.46. The van der Waals surface area contributed by atoms with Crippen molar-refractivity contribution in [1.29, 1.82) is 0 Å². The third-order valence-corrected chi connectivity index (χ3v) is 6.21. The van der Waals surface area contributed by atoms with E-state index in [2.05, 4.69) is 38.3 Å². The van der Waals surface area contributed by atoms with Gasteiger partial charge in [-0.25, -0.2) is 4.98 Å². The summed E-state index contributed by atoms with van der Waals surface area (Å²) >= 11 is 0. The van der Waals surface area contributed by atoms with E-state index >= 15 is 0 Å². The van der Waals surface area contributed by atoms with Crippen molar-refractivity contribution in [1.82, 2.24) is 20.2 Å². The van der Waals surface area contributed by atoms with Gasteiger partial charge in [0.1, 0.15) is 11.6 Å². The van der Waals surface area contributed by atoms with Crippen LogP contribution in [0, 0.1) is 0 Å². The number of amides is 1. The summed E-state index contributed by atoms with van der Waals surface area (Å²) in [6.45, 7) is 9.28. The highest BCUT2D eigenvalue weighted by molar-refractivity contribution is 5.80. The van der Waals surface area contributed by atoms with Crippen LogP contribution in [0.4, 0.5) is 0 Å². The van der Waals surface area contributed by atoms with Crippen LogP contribution in [-0.4, -0.2) is 39.2 Å². The lowest BCUT2D eigenvalue weighted by atomic mass is 9.79. The maximum absolute atomic E-state index is 13.0. The molecule has 0 unspecified atom stereocenters. The van der Waals surface area contributed by atoms with Crippen molar-refractivity contribution < 1.29 is 9.53 Å². The number of rotatable bonds is 4. The van der Waals surface area contributed by atoms with Crippen molar-refractivity contribution in [3.05, 3.63) is 34.4 Å². The number of piperidine rings is 1. The zero-order valence-corrected chi connectivity index (χ0v) is 19.1. The molecule has 7 nitrogen and oxygen atoms in total. The van der Waals surface area contributed by atoms with Gasteiger partial charge in [0.2, 0.25) is 0 Å². The number of hydrogen-bond donors (Lipinski definition) is 2. The van der Waals surface area contributed by atoms with E-state index in [0.717, 1.165) is 44.3 Å². The predicted molar refractivity (Wildman–Crippen MR) is 122 cm³/mol. The van der Waals surface area contributed by atoms with Crippen LogP contribution in [-0.2, 0) is 17.8 Å². The second-order valence-corrected chi connectivity index (χ2v) is 10.3. The van der Waals surface area contributed by atoms with Crippen LogP contribution in [0.5, 0.6) is 5.75 Å². The monoisotopic (exact) mass is 426 g/mol. The number of benzene rings is 1. The molecule has 1 aromatic heterocycles. The van der Waals surface area contributed by atoms with Crippen molar-refractivity contribution in [3.8, 4) is 5.75 Å². The number of nitrogens with zero attached hydrogens (tertiary/aromatic N) is 2. The molecule has 2 aliphatic heterocycles. The summed E-state index contributed by atoms with van der Waals surface area (Å²) in [4.78, 5) is 30.2. The quantitative estimate of drug-likeness (QED) is 0.785. The summed E-state index contributed by atoms with van der Waals surface area (Å²) in [7, 11) is 0. The van der Waals surface area contributed by atoms with Gasteiger partial charge in [0.25, 0.3) is 11.5 Å². The fourth-order valence-electron chi connectivity index (χ4n) is 5.33. The Kier molecular flexibility index (Phi) is 5.81. The molecule has 2 aliphatic rings. The van der Waals surface area contributed by atoms with E-state index in [0.29, 0.717) is 23.2 Å². The molecule has 1 saturated heterocycles. The number of ether oxygens (including phenoxy) is 1. The molecule has 0 aliphatic carbocycles. The maximum Gasteiger partial charge on any atom is 0.261 e. The van der Waals surface area contributed by atoms with Crippen LogP contribution in [0.25, 0.3) is 10.9 Å². The van der Waals surface area contributed by atoms with Crippen LogP contribution in [0.1, 0.15) is 65.6 Å². The van der Waals surface area contributed by atoms with E-state index in [1.807, 2.05) is 6.07 Å². The smallest absolute Gasteiger partial charge is 0.261 e. The average molecular weight is 427 g/mol. The number of aromatic nitrogens is 2. The summed E-state index contributed by atoms with van der Waals surface area (Å²) in [5, 5.41) is 7.28. The summed E-state index contributed by atoms with van der Waals surface area (Å²) in [6.07, 6.45) is 5.76. The molecule has 4 rings (SSSR count). The molecular weight excluding hydrogens is 392 g/mol. The van der Waals surface area contributed by atoms with Gasteiger partial charge >= 0.3 is 0 Å². The normalized spacial score (nSPS) is 20.6. The molecule has 7 heteroatoms. The average Bonchev–Trinajstić information content (AvgIpc) is 2.90. The van der Waals surface area contributed by atoms with Crippen LogP contribution >= 0.6 is 0 Å². The minimum atomic E-state index is -0.143. The lowest BCUT2D eigenvalue weighted by molar-refractivity contribution is -0.124. The van der Waals surface area contributed by atoms with Gasteiger partial charge in [-0.15, -0.1) is 0 Å². The second kappa shape index (κ2) is 8.26. The Morgan fingerprint density at radius 1 is 1.19 bits per heavy atom. The Hall–Kier alpha value is -2.41. The van der Waals surface area contributed by atoms with Crippen molar-refractivity contribution in [3.63, 3.8) is 0 Å². The maximum atomic E-state index is 13.0. The van der Waals surface area contributed by atoms with Crippen LogP contribution in [0.2, 0.25) is 0 Å². The zero-order valence-electron chi connectivity index (χ0n) is 19.1. The zero-order chi connectivity index (χ0) is 22.2. The molecule has 1 fully saturated rings. The van der Waals surface area contributed by atoms with Crippen molar-refractivity contribution in [2.24, 2.45) is 0 Å². The predicted octanol–water partition coefficient (Wildman–Crippen LogP) is 2.93. The minimum absolute atomic E-state index is 0.0176. The van der Waals surface area contributed by atoms with E-state index in [-0.39, 0.29) is 35.2 Å². The summed E-state index contributed by atoms with van der Waals surface area (Å²) in [5.41, 5.74) is 0.600. The van der Waals surface area contributed by atoms with Gasteiger partial charge in [0.05, 0.1) is 10.9 Å². The Bertz CT molecular complexity index is 1030. The highest BCUT2D eigenvalue weighted by atomic mass is 16.5. The van der Waals surface area contributed by atoms with Crippen molar-refractivity contribution >= 4 is 16.8 Å². The third-order valence-electron chi connectivity index (χ3n) is 6.21. The molecule has 3 heterocycles. The van der Waals surface area contributed by atoms with Gasteiger partial charge in [-0.3, -0.25) is 14.2 Å². The standard InChI is InChI=1S/C24H34N4O3/c1-23(2)13-16(14-24(3,4)27-23)25-21(29)15-31-17-9-10-19-18(12-17)22(30)28-11-7-5-6-8-20(28)26-19/h9-10,12,16,27H,5-8,11,13-15H2,1-4H3,(H,25,29). The highest BCUT2D eigenvalue weighted by Crippen LogP contribution is 2.28. The molecule has 0 bridgehead atoms. The van der Waals surface area contributed by atoms with Gasteiger partial charge in [-0.05, 0) is 71.6 Å². The largest absolute Gasteiger partial charge is 0.484 e. The Morgan fingerprint density at radius 2 is 1.94 bits per heavy atom. The van der Waals surface area contributed by atoms with E-state index < -0.39 is 0 Å². The number of carbonyl (C=O) groups excluding carboxylic acids is 1. The highest BCUT2D eigenvalue weighted by Gasteiger charge is 2.38. The fraction of sp³-hybridized carbons (Fsp3) is 0.625. The fourth-order valence-corrected chi connectivity index (χ4v) is 5.33. The van der Waals surface area contributed by atoms with E-state index in [4.69, 9.17) is 9.72 Å². The topological polar surface area (TPSA) is 85.2 Å². The second-order valence-electron chi connectivity index (χ2n) is 10.3. The summed E-state index contributed by atoms with van der Waals surface area (Å²) in [6, 6.07) is 5.41. The van der Waals surface area contributed by atoms with Gasteiger partial charge in [-0.1, -0.05) is 6.42 Å². The first kappa shape index (κ1) is 21.8. The van der Waals surface area contributed by atoms with E-state index in [9.17, 15) is 9.59 Å². The van der Waals surface area contributed by atoms with Gasteiger partial charge in [0, 0.05) is 30.1 Å².